The standard InChI is InChI=1S/C22H22O/c1-18(21-10-6-3-7-11-21)16-19-12-14-22(15-13-19)23-17-20-8-4-2-5-9-20/h2-15,18H,16-17H2,1H3. The Labute approximate surface area is 138 Å². The van der Waals surface area contributed by atoms with Gasteiger partial charge in [-0.15, -0.1) is 0 Å². The van der Waals surface area contributed by atoms with Crippen LogP contribution in [0, 0.1) is 0 Å². The number of ether oxygens (including phenoxy) is 1. The molecule has 0 spiro atoms. The zero-order chi connectivity index (χ0) is 15.9. The first-order valence-electron chi connectivity index (χ1n) is 8.12. The highest BCUT2D eigenvalue weighted by Crippen LogP contribution is 2.22. The average Bonchev–Trinajstić information content (AvgIpc) is 2.63. The molecule has 0 radical (unpaired) electrons. The van der Waals surface area contributed by atoms with Gasteiger partial charge in [0.1, 0.15) is 12.4 Å². The van der Waals surface area contributed by atoms with Gasteiger partial charge in [0.15, 0.2) is 0 Å². The van der Waals surface area contributed by atoms with Crippen LogP contribution in [0.15, 0.2) is 84.9 Å². The maximum absolute atomic E-state index is 5.84. The number of hydrogen-bond acceptors (Lipinski definition) is 1. The van der Waals surface area contributed by atoms with E-state index in [4.69, 9.17) is 4.74 Å². The Morgan fingerprint density at radius 1 is 0.696 bits per heavy atom. The van der Waals surface area contributed by atoms with Gasteiger partial charge in [-0.05, 0) is 41.2 Å². The summed E-state index contributed by atoms with van der Waals surface area (Å²) in [5.74, 6) is 1.44. The number of benzene rings is 3. The van der Waals surface area contributed by atoms with Crippen LogP contribution in [0.5, 0.6) is 5.75 Å². The predicted molar refractivity (Wildman–Crippen MR) is 95.8 cm³/mol. The summed E-state index contributed by atoms with van der Waals surface area (Å²) in [6.45, 7) is 2.88. The summed E-state index contributed by atoms with van der Waals surface area (Å²) in [6.07, 6.45) is 1.04. The summed E-state index contributed by atoms with van der Waals surface area (Å²) in [4.78, 5) is 0. The van der Waals surface area contributed by atoms with Crippen molar-refractivity contribution >= 4 is 0 Å². The van der Waals surface area contributed by atoms with Crippen LogP contribution in [0.4, 0.5) is 0 Å². The number of rotatable bonds is 6. The zero-order valence-corrected chi connectivity index (χ0v) is 13.5. The number of hydrogen-bond donors (Lipinski definition) is 0. The summed E-state index contributed by atoms with van der Waals surface area (Å²) < 4.78 is 5.84. The first kappa shape index (κ1) is 15.4. The third kappa shape index (κ3) is 4.46. The fourth-order valence-corrected chi connectivity index (χ4v) is 2.72. The van der Waals surface area contributed by atoms with Gasteiger partial charge in [0.25, 0.3) is 0 Å². The maximum atomic E-state index is 5.84. The molecule has 0 heterocycles. The molecule has 0 bridgehead atoms. The largest absolute Gasteiger partial charge is 0.489 e. The Kier molecular flexibility index (Phi) is 5.10. The van der Waals surface area contributed by atoms with Crippen molar-refractivity contribution in [3.05, 3.63) is 102 Å². The van der Waals surface area contributed by atoms with E-state index in [0.29, 0.717) is 12.5 Å². The van der Waals surface area contributed by atoms with E-state index in [9.17, 15) is 0 Å². The van der Waals surface area contributed by atoms with Gasteiger partial charge in [-0.2, -0.15) is 0 Å². The van der Waals surface area contributed by atoms with Gasteiger partial charge < -0.3 is 4.74 Å². The van der Waals surface area contributed by atoms with E-state index in [1.165, 1.54) is 16.7 Å². The smallest absolute Gasteiger partial charge is 0.119 e. The molecule has 3 rings (SSSR count). The van der Waals surface area contributed by atoms with E-state index < -0.39 is 0 Å². The maximum Gasteiger partial charge on any atom is 0.119 e. The summed E-state index contributed by atoms with van der Waals surface area (Å²) in [7, 11) is 0. The van der Waals surface area contributed by atoms with Gasteiger partial charge >= 0.3 is 0 Å². The highest BCUT2D eigenvalue weighted by Gasteiger charge is 2.06. The van der Waals surface area contributed by atoms with E-state index in [2.05, 4.69) is 73.7 Å². The second-order valence-corrected chi connectivity index (χ2v) is 5.93. The Balaban J connectivity index is 1.57. The lowest BCUT2D eigenvalue weighted by Crippen LogP contribution is -1.99. The molecular weight excluding hydrogens is 280 g/mol. The van der Waals surface area contributed by atoms with Crippen molar-refractivity contribution in [1.82, 2.24) is 0 Å². The first-order valence-corrected chi connectivity index (χ1v) is 8.12. The van der Waals surface area contributed by atoms with Gasteiger partial charge in [0.2, 0.25) is 0 Å². The fourth-order valence-electron chi connectivity index (χ4n) is 2.72. The fraction of sp³-hybridized carbons (Fsp3) is 0.182. The molecule has 1 unspecified atom stereocenters. The summed E-state index contributed by atoms with van der Waals surface area (Å²) in [5.41, 5.74) is 3.92. The highest BCUT2D eigenvalue weighted by molar-refractivity contribution is 5.30. The van der Waals surface area contributed by atoms with Crippen LogP contribution in [0.3, 0.4) is 0 Å². The molecule has 1 nitrogen and oxygen atoms in total. The molecule has 0 aliphatic heterocycles. The molecule has 1 atom stereocenters. The Bertz CT molecular complexity index is 702. The first-order chi connectivity index (χ1) is 11.3. The topological polar surface area (TPSA) is 9.23 Å². The minimum Gasteiger partial charge on any atom is -0.489 e. The quantitative estimate of drug-likeness (QED) is 0.575. The monoisotopic (exact) mass is 302 g/mol. The van der Waals surface area contributed by atoms with Crippen molar-refractivity contribution in [2.45, 2.75) is 25.9 Å². The van der Waals surface area contributed by atoms with Crippen LogP contribution in [0.2, 0.25) is 0 Å². The van der Waals surface area contributed by atoms with Crippen molar-refractivity contribution in [1.29, 1.82) is 0 Å². The summed E-state index contributed by atoms with van der Waals surface area (Å²) in [5, 5.41) is 0. The third-order valence-electron chi connectivity index (χ3n) is 4.08. The average molecular weight is 302 g/mol. The molecule has 0 N–H and O–H groups in total. The van der Waals surface area contributed by atoms with Gasteiger partial charge in [-0.25, -0.2) is 0 Å². The molecule has 0 saturated carbocycles. The molecule has 0 aromatic heterocycles. The van der Waals surface area contributed by atoms with Crippen molar-refractivity contribution in [2.24, 2.45) is 0 Å². The molecule has 116 valence electrons. The summed E-state index contributed by atoms with van der Waals surface area (Å²) >= 11 is 0. The highest BCUT2D eigenvalue weighted by atomic mass is 16.5. The van der Waals surface area contributed by atoms with Gasteiger partial charge in [0, 0.05) is 0 Å². The van der Waals surface area contributed by atoms with Crippen molar-refractivity contribution < 1.29 is 4.74 Å². The molecule has 3 aromatic carbocycles. The van der Waals surface area contributed by atoms with Gasteiger partial charge in [-0.3, -0.25) is 0 Å². The Morgan fingerprint density at radius 2 is 1.30 bits per heavy atom. The van der Waals surface area contributed by atoms with E-state index in [0.717, 1.165) is 12.2 Å². The second kappa shape index (κ2) is 7.64. The molecule has 0 fully saturated rings. The molecule has 1 heteroatoms. The van der Waals surface area contributed by atoms with Crippen LogP contribution in [0.25, 0.3) is 0 Å². The Hall–Kier alpha value is -2.54. The van der Waals surface area contributed by atoms with E-state index in [-0.39, 0.29) is 0 Å². The molecule has 0 aliphatic rings. The second-order valence-electron chi connectivity index (χ2n) is 5.93. The van der Waals surface area contributed by atoms with Crippen molar-refractivity contribution in [3.63, 3.8) is 0 Å². The lowest BCUT2D eigenvalue weighted by molar-refractivity contribution is 0.306. The van der Waals surface area contributed by atoms with Crippen LogP contribution in [-0.4, -0.2) is 0 Å². The molecule has 0 aliphatic carbocycles. The third-order valence-corrected chi connectivity index (χ3v) is 4.08. The van der Waals surface area contributed by atoms with Crippen LogP contribution < -0.4 is 4.74 Å². The van der Waals surface area contributed by atoms with Crippen molar-refractivity contribution in [3.8, 4) is 5.75 Å². The lowest BCUT2D eigenvalue weighted by atomic mass is 9.94. The minimum atomic E-state index is 0.521. The van der Waals surface area contributed by atoms with Crippen molar-refractivity contribution in [2.75, 3.05) is 0 Å². The van der Waals surface area contributed by atoms with Crippen LogP contribution >= 0.6 is 0 Å². The Morgan fingerprint density at radius 3 is 1.96 bits per heavy atom. The predicted octanol–water partition coefficient (Wildman–Crippen LogP) is 5.61. The minimum absolute atomic E-state index is 0.521. The molecule has 23 heavy (non-hydrogen) atoms. The zero-order valence-electron chi connectivity index (χ0n) is 13.5. The van der Waals surface area contributed by atoms with Gasteiger partial charge in [-0.1, -0.05) is 79.7 Å². The lowest BCUT2D eigenvalue weighted by Gasteiger charge is -2.12. The van der Waals surface area contributed by atoms with E-state index in [1.54, 1.807) is 0 Å². The molecule has 0 saturated heterocycles. The van der Waals surface area contributed by atoms with Gasteiger partial charge in [0.05, 0.1) is 0 Å². The molecular formula is C22H22O. The SMILES string of the molecule is CC(Cc1ccc(OCc2ccccc2)cc1)c1ccccc1. The van der Waals surface area contributed by atoms with E-state index in [1.807, 2.05) is 18.2 Å². The van der Waals surface area contributed by atoms with Crippen LogP contribution in [0.1, 0.15) is 29.5 Å². The summed E-state index contributed by atoms with van der Waals surface area (Å²) in [6, 6.07) is 29.4. The normalized spacial score (nSPS) is 11.9. The van der Waals surface area contributed by atoms with Crippen LogP contribution in [-0.2, 0) is 13.0 Å². The molecule has 3 aromatic rings. The molecule has 0 amide bonds. The van der Waals surface area contributed by atoms with E-state index >= 15 is 0 Å².